The summed E-state index contributed by atoms with van der Waals surface area (Å²) in [7, 11) is 0. The second-order valence-electron chi connectivity index (χ2n) is 7.65. The van der Waals surface area contributed by atoms with Gasteiger partial charge in [0.2, 0.25) is 11.8 Å². The van der Waals surface area contributed by atoms with Crippen LogP contribution >= 0.6 is 11.8 Å². The number of fused-ring (bicyclic) bond motifs is 2. The summed E-state index contributed by atoms with van der Waals surface area (Å²) in [5.41, 5.74) is 2.42. The van der Waals surface area contributed by atoms with Crippen LogP contribution in [-0.2, 0) is 22.4 Å². The Morgan fingerprint density at radius 1 is 1.31 bits per heavy atom. The van der Waals surface area contributed by atoms with E-state index in [1.165, 1.54) is 18.7 Å². The zero-order valence-electron chi connectivity index (χ0n) is 17.8. The molecule has 2 amide bonds. The second kappa shape index (κ2) is 9.92. The maximum Gasteiger partial charge on any atom is 0.257 e. The van der Waals surface area contributed by atoms with Gasteiger partial charge in [-0.1, -0.05) is 29.7 Å². The predicted octanol–water partition coefficient (Wildman–Crippen LogP) is 1.93. The molecule has 0 spiro atoms. The van der Waals surface area contributed by atoms with Crippen LogP contribution in [0.15, 0.2) is 34.2 Å². The fourth-order valence-corrected chi connectivity index (χ4v) is 4.99. The van der Waals surface area contributed by atoms with Gasteiger partial charge in [0.15, 0.2) is 5.16 Å². The summed E-state index contributed by atoms with van der Waals surface area (Å²) in [4.78, 5) is 40.9. The molecule has 1 aliphatic heterocycles. The molecule has 4 rings (SSSR count). The zero-order valence-corrected chi connectivity index (χ0v) is 18.6. The van der Waals surface area contributed by atoms with Crippen molar-refractivity contribution in [1.29, 1.82) is 0 Å². The van der Waals surface area contributed by atoms with Gasteiger partial charge >= 0.3 is 0 Å². The topological polar surface area (TPSA) is 102 Å². The van der Waals surface area contributed by atoms with Crippen molar-refractivity contribution < 1.29 is 14.3 Å². The molecule has 1 aromatic carbocycles. The molecule has 1 aliphatic carbocycles. The van der Waals surface area contributed by atoms with Gasteiger partial charge in [-0.3, -0.25) is 19.0 Å². The number of nitrogens with zero attached hydrogens (tertiary/aromatic N) is 2. The van der Waals surface area contributed by atoms with Gasteiger partial charge in [0.25, 0.3) is 5.56 Å². The third kappa shape index (κ3) is 5.14. The van der Waals surface area contributed by atoms with Crippen LogP contribution in [0, 0.1) is 11.8 Å². The zero-order chi connectivity index (χ0) is 22.5. The van der Waals surface area contributed by atoms with Crippen LogP contribution in [-0.4, -0.2) is 40.3 Å². The van der Waals surface area contributed by atoms with E-state index in [0.717, 1.165) is 35.7 Å². The number of amides is 2. The SMILES string of the molecule is CC(=O)Nc1cccc(OCC#CCNC(=O)CC2CSc3nc4c(c(=O)n32)CCC4)c1. The lowest BCUT2D eigenvalue weighted by Gasteiger charge is -2.13. The summed E-state index contributed by atoms with van der Waals surface area (Å²) < 4.78 is 7.24. The molecular formula is C23H24N4O4S. The lowest BCUT2D eigenvalue weighted by Crippen LogP contribution is -2.32. The van der Waals surface area contributed by atoms with Crippen molar-refractivity contribution in [2.45, 2.75) is 43.8 Å². The van der Waals surface area contributed by atoms with Crippen molar-refractivity contribution in [3.63, 3.8) is 0 Å². The number of hydrogen-bond acceptors (Lipinski definition) is 6. The van der Waals surface area contributed by atoms with E-state index in [9.17, 15) is 14.4 Å². The first kappa shape index (κ1) is 22.0. The van der Waals surface area contributed by atoms with Crippen molar-refractivity contribution in [2.24, 2.45) is 0 Å². The first-order valence-corrected chi connectivity index (χ1v) is 11.5. The van der Waals surface area contributed by atoms with E-state index in [-0.39, 0.29) is 43.0 Å². The predicted molar refractivity (Wildman–Crippen MR) is 122 cm³/mol. The molecule has 0 bridgehead atoms. The molecule has 0 saturated carbocycles. The highest BCUT2D eigenvalue weighted by Crippen LogP contribution is 2.33. The third-order valence-electron chi connectivity index (χ3n) is 5.26. The Hall–Kier alpha value is -3.25. The normalized spacial score (nSPS) is 15.8. The summed E-state index contributed by atoms with van der Waals surface area (Å²) in [6.45, 7) is 1.81. The number of nitrogens with one attached hydrogen (secondary N) is 2. The number of anilines is 1. The lowest BCUT2D eigenvalue weighted by molar-refractivity contribution is -0.121. The highest BCUT2D eigenvalue weighted by Gasteiger charge is 2.30. The molecule has 1 aromatic heterocycles. The first-order valence-electron chi connectivity index (χ1n) is 10.5. The van der Waals surface area contributed by atoms with Crippen molar-refractivity contribution >= 4 is 29.3 Å². The maximum atomic E-state index is 12.8. The molecule has 1 unspecified atom stereocenters. The average molecular weight is 453 g/mol. The van der Waals surface area contributed by atoms with E-state index in [4.69, 9.17) is 4.74 Å². The van der Waals surface area contributed by atoms with Gasteiger partial charge in [0.1, 0.15) is 12.4 Å². The molecule has 2 heterocycles. The van der Waals surface area contributed by atoms with Gasteiger partial charge in [-0.05, 0) is 31.4 Å². The van der Waals surface area contributed by atoms with Crippen LogP contribution < -0.4 is 20.9 Å². The van der Waals surface area contributed by atoms with Crippen molar-refractivity contribution in [2.75, 3.05) is 24.2 Å². The smallest absolute Gasteiger partial charge is 0.257 e. The van der Waals surface area contributed by atoms with Crippen LogP contribution in [0.3, 0.4) is 0 Å². The monoisotopic (exact) mass is 452 g/mol. The molecule has 8 nitrogen and oxygen atoms in total. The van der Waals surface area contributed by atoms with E-state index in [2.05, 4.69) is 27.5 Å². The molecule has 2 aliphatic rings. The van der Waals surface area contributed by atoms with Crippen LogP contribution in [0.25, 0.3) is 0 Å². The van der Waals surface area contributed by atoms with Crippen molar-refractivity contribution in [3.8, 4) is 17.6 Å². The summed E-state index contributed by atoms with van der Waals surface area (Å²) >= 11 is 1.54. The Morgan fingerprint density at radius 3 is 3.03 bits per heavy atom. The number of benzene rings is 1. The van der Waals surface area contributed by atoms with Gasteiger partial charge in [-0.15, -0.1) is 0 Å². The number of aromatic nitrogens is 2. The Morgan fingerprint density at radius 2 is 2.19 bits per heavy atom. The van der Waals surface area contributed by atoms with E-state index in [1.807, 2.05) is 0 Å². The van der Waals surface area contributed by atoms with Crippen molar-refractivity contribution in [3.05, 3.63) is 45.9 Å². The Bertz CT molecular complexity index is 1160. The molecule has 166 valence electrons. The van der Waals surface area contributed by atoms with Crippen LogP contribution in [0.1, 0.15) is 37.1 Å². The molecule has 1 atom stereocenters. The number of hydrogen-bond donors (Lipinski definition) is 2. The minimum atomic E-state index is -0.173. The van der Waals surface area contributed by atoms with Gasteiger partial charge in [0, 0.05) is 36.4 Å². The van der Waals surface area contributed by atoms with Crippen LogP contribution in [0.5, 0.6) is 5.75 Å². The lowest BCUT2D eigenvalue weighted by atomic mass is 10.2. The average Bonchev–Trinajstić information content (AvgIpc) is 3.38. The molecule has 9 heteroatoms. The van der Waals surface area contributed by atoms with Crippen LogP contribution in [0.2, 0.25) is 0 Å². The largest absolute Gasteiger partial charge is 0.481 e. The summed E-state index contributed by atoms with van der Waals surface area (Å²) in [5.74, 6) is 6.69. The molecule has 32 heavy (non-hydrogen) atoms. The number of carbonyl (C=O) groups excluding carboxylic acids is 2. The Labute approximate surface area is 190 Å². The fourth-order valence-electron chi connectivity index (χ4n) is 3.83. The molecule has 0 radical (unpaired) electrons. The quantitative estimate of drug-likeness (QED) is 0.513. The van der Waals surface area contributed by atoms with E-state index >= 15 is 0 Å². The first-order chi connectivity index (χ1) is 15.5. The number of aryl methyl sites for hydroxylation is 1. The minimum absolute atomic E-state index is 0.0183. The molecule has 0 saturated heterocycles. The Kier molecular flexibility index (Phi) is 6.81. The van der Waals surface area contributed by atoms with E-state index in [1.54, 1.807) is 28.8 Å². The summed E-state index contributed by atoms with van der Waals surface area (Å²) in [5, 5.41) is 6.20. The van der Waals surface area contributed by atoms with Gasteiger partial charge < -0.3 is 15.4 Å². The molecule has 0 fully saturated rings. The number of thioether (sulfide) groups is 1. The minimum Gasteiger partial charge on any atom is -0.481 e. The number of ether oxygens (including phenoxy) is 1. The standard InChI is InChI=1S/C23H24N4O4S/c1-15(28)25-16-6-4-7-18(12-16)31-11-3-2-10-24-21(29)13-17-14-32-23-26-20-9-5-8-19(20)22(30)27(17)23/h4,6-7,12,17H,5,8-11,13-14H2,1H3,(H,24,29)(H,25,28). The summed E-state index contributed by atoms with van der Waals surface area (Å²) in [6, 6.07) is 6.87. The molecule has 2 N–H and O–H groups in total. The number of carbonyl (C=O) groups is 2. The fraction of sp³-hybridized carbons (Fsp3) is 0.391. The summed E-state index contributed by atoms with van der Waals surface area (Å²) in [6.07, 6.45) is 2.85. The highest BCUT2D eigenvalue weighted by atomic mass is 32.2. The van der Waals surface area contributed by atoms with Gasteiger partial charge in [0.05, 0.1) is 18.3 Å². The van der Waals surface area contributed by atoms with Gasteiger partial charge in [-0.2, -0.15) is 0 Å². The molecular weight excluding hydrogens is 428 g/mol. The maximum absolute atomic E-state index is 12.8. The van der Waals surface area contributed by atoms with Gasteiger partial charge in [-0.25, -0.2) is 4.98 Å². The Balaban J connectivity index is 1.24. The number of rotatable bonds is 6. The molecule has 2 aromatic rings. The second-order valence-corrected chi connectivity index (χ2v) is 8.63. The van der Waals surface area contributed by atoms with Crippen LogP contribution in [0.4, 0.5) is 5.69 Å². The van der Waals surface area contributed by atoms with Crippen molar-refractivity contribution in [1.82, 2.24) is 14.9 Å². The van der Waals surface area contributed by atoms with E-state index in [0.29, 0.717) is 17.2 Å². The van der Waals surface area contributed by atoms with E-state index < -0.39 is 0 Å². The third-order valence-corrected chi connectivity index (χ3v) is 6.36. The highest BCUT2D eigenvalue weighted by molar-refractivity contribution is 7.99.